The van der Waals surface area contributed by atoms with E-state index in [0.29, 0.717) is 19.4 Å². The average Bonchev–Trinajstić information content (AvgIpc) is 3.53. The van der Waals surface area contributed by atoms with Crippen LogP contribution in [0.25, 0.3) is 0 Å². The van der Waals surface area contributed by atoms with Crippen LogP contribution in [0.4, 0.5) is 0 Å². The number of aliphatic hydroxyl groups is 2. The standard InChI is InChI=1S/C78H145NO5/c1-3-5-7-9-11-13-15-17-43-47-50-54-58-62-66-70-76(81)75(74-80)79-77(82)71-67-63-59-55-51-48-44-41-39-37-35-33-31-29-27-25-23-21-19-18-20-22-24-26-28-30-32-34-36-38-40-42-45-49-53-57-61-65-69-73-84-78(83)72-68-64-60-56-52-46-16-14-12-10-8-6-4-2/h8,10,14,16,18-19,22,24,66,70,75-76,80-81H,3-7,9,11-13,15,17,20-21,23,25-65,67-69,71-74H2,1-2H3,(H,79,82)/b10-8-,16-14-,19-18-,24-22-,70-66+. The van der Waals surface area contributed by atoms with E-state index in [4.69, 9.17) is 4.74 Å². The molecule has 3 N–H and O–H groups in total. The molecule has 2 atom stereocenters. The number of hydrogen-bond acceptors (Lipinski definition) is 5. The van der Waals surface area contributed by atoms with E-state index in [1.807, 2.05) is 6.08 Å². The maximum Gasteiger partial charge on any atom is 0.305 e. The minimum absolute atomic E-state index is 0.00458. The SMILES string of the molecule is CCC/C=C\C/C=C\CCCCCCCC(=O)OCCCCCCCCCCCCCCCCC/C=C\C/C=C\CCCCCCCCCCCCCCCCCCCC(=O)NC(CO)C(O)/C=C/CCCCCCCCCCCCCCC. The molecule has 2 unspecified atom stereocenters. The summed E-state index contributed by atoms with van der Waals surface area (Å²) in [4.78, 5) is 24.5. The van der Waals surface area contributed by atoms with Gasteiger partial charge in [-0.3, -0.25) is 9.59 Å². The first-order chi connectivity index (χ1) is 41.5. The highest BCUT2D eigenvalue weighted by molar-refractivity contribution is 5.76. The molecule has 0 heterocycles. The number of aliphatic hydroxyl groups excluding tert-OH is 2. The third kappa shape index (κ3) is 68.7. The molecule has 84 heavy (non-hydrogen) atoms. The predicted molar refractivity (Wildman–Crippen MR) is 370 cm³/mol. The number of nitrogens with one attached hydrogen (secondary N) is 1. The van der Waals surface area contributed by atoms with Crippen molar-refractivity contribution in [3.05, 3.63) is 60.8 Å². The van der Waals surface area contributed by atoms with E-state index in [0.717, 1.165) is 57.8 Å². The number of amides is 1. The summed E-state index contributed by atoms with van der Waals surface area (Å²) in [5.74, 6) is -0.0585. The molecular formula is C78H145NO5. The Kier molecular flexibility index (Phi) is 70.9. The topological polar surface area (TPSA) is 95.9 Å². The van der Waals surface area contributed by atoms with Crippen molar-refractivity contribution in [3.8, 4) is 0 Å². The van der Waals surface area contributed by atoms with Gasteiger partial charge in [0.2, 0.25) is 5.91 Å². The molecule has 492 valence electrons. The molecule has 0 rings (SSSR count). The summed E-state index contributed by atoms with van der Waals surface area (Å²) in [5, 5.41) is 23.2. The first kappa shape index (κ1) is 81.6. The number of ether oxygens (including phenoxy) is 1. The number of carbonyl (C=O) groups excluding carboxylic acids is 2. The van der Waals surface area contributed by atoms with Gasteiger partial charge in [0.15, 0.2) is 0 Å². The molecule has 0 radical (unpaired) electrons. The molecule has 0 bridgehead atoms. The average molecular weight is 1180 g/mol. The number of hydrogen-bond donors (Lipinski definition) is 3. The lowest BCUT2D eigenvalue weighted by molar-refractivity contribution is -0.143. The molecule has 0 aromatic rings. The second kappa shape index (κ2) is 73.0. The summed E-state index contributed by atoms with van der Waals surface area (Å²) in [6.45, 7) is 4.86. The zero-order chi connectivity index (χ0) is 60.6. The van der Waals surface area contributed by atoms with Crippen molar-refractivity contribution in [1.29, 1.82) is 0 Å². The molecule has 0 saturated carbocycles. The van der Waals surface area contributed by atoms with Crippen LogP contribution in [0.5, 0.6) is 0 Å². The van der Waals surface area contributed by atoms with Gasteiger partial charge in [0.05, 0.1) is 25.4 Å². The van der Waals surface area contributed by atoms with E-state index < -0.39 is 12.1 Å². The van der Waals surface area contributed by atoms with Gasteiger partial charge in [-0.1, -0.05) is 357 Å². The summed E-state index contributed by atoms with van der Waals surface area (Å²) in [5.41, 5.74) is 0. The Morgan fingerprint density at radius 1 is 0.333 bits per heavy atom. The van der Waals surface area contributed by atoms with Crippen LogP contribution >= 0.6 is 0 Å². The molecule has 0 spiro atoms. The highest BCUT2D eigenvalue weighted by atomic mass is 16.5. The van der Waals surface area contributed by atoms with Gasteiger partial charge < -0.3 is 20.3 Å². The Morgan fingerprint density at radius 3 is 0.952 bits per heavy atom. The van der Waals surface area contributed by atoms with Crippen LogP contribution in [-0.2, 0) is 14.3 Å². The van der Waals surface area contributed by atoms with Crippen molar-refractivity contribution in [1.82, 2.24) is 5.32 Å². The fourth-order valence-corrected chi connectivity index (χ4v) is 11.5. The van der Waals surface area contributed by atoms with Crippen LogP contribution in [0.15, 0.2) is 60.8 Å². The molecule has 0 fully saturated rings. The zero-order valence-corrected chi connectivity index (χ0v) is 56.4. The van der Waals surface area contributed by atoms with Gasteiger partial charge in [-0.25, -0.2) is 0 Å². The lowest BCUT2D eigenvalue weighted by Gasteiger charge is -2.20. The number of allylic oxidation sites excluding steroid dienone is 9. The van der Waals surface area contributed by atoms with Crippen LogP contribution in [0.3, 0.4) is 0 Å². The van der Waals surface area contributed by atoms with Crippen molar-refractivity contribution in [3.63, 3.8) is 0 Å². The van der Waals surface area contributed by atoms with Gasteiger partial charge in [-0.15, -0.1) is 0 Å². The Labute approximate surface area is 524 Å². The first-order valence-corrected chi connectivity index (χ1v) is 37.6. The fourth-order valence-electron chi connectivity index (χ4n) is 11.5. The molecule has 0 aromatic carbocycles. The molecule has 0 aromatic heterocycles. The quantitative estimate of drug-likeness (QED) is 0.0320. The molecule has 0 aliphatic heterocycles. The number of unbranched alkanes of at least 4 members (excludes halogenated alkanes) is 51. The fraction of sp³-hybridized carbons (Fsp3) is 0.846. The van der Waals surface area contributed by atoms with Crippen molar-refractivity contribution in [2.75, 3.05) is 13.2 Å². The summed E-state index contributed by atoms with van der Waals surface area (Å²) in [6.07, 6.45) is 97.6. The van der Waals surface area contributed by atoms with Gasteiger partial charge in [-0.2, -0.15) is 0 Å². The Morgan fingerprint density at radius 2 is 0.619 bits per heavy atom. The number of esters is 1. The highest BCUT2D eigenvalue weighted by Crippen LogP contribution is 2.19. The molecule has 6 nitrogen and oxygen atoms in total. The van der Waals surface area contributed by atoms with Gasteiger partial charge in [0.25, 0.3) is 0 Å². The van der Waals surface area contributed by atoms with Crippen LogP contribution in [0.1, 0.15) is 399 Å². The van der Waals surface area contributed by atoms with Gasteiger partial charge in [0.1, 0.15) is 0 Å². The van der Waals surface area contributed by atoms with E-state index >= 15 is 0 Å². The van der Waals surface area contributed by atoms with Crippen molar-refractivity contribution < 1.29 is 24.5 Å². The second-order valence-electron chi connectivity index (χ2n) is 25.6. The Hall–Kier alpha value is -2.44. The molecule has 0 saturated heterocycles. The van der Waals surface area contributed by atoms with Crippen molar-refractivity contribution in [2.24, 2.45) is 0 Å². The molecule has 0 aliphatic rings. The lowest BCUT2D eigenvalue weighted by Crippen LogP contribution is -2.45. The smallest absolute Gasteiger partial charge is 0.305 e. The Bertz CT molecular complexity index is 1450. The molecule has 1 amide bonds. The second-order valence-corrected chi connectivity index (χ2v) is 25.6. The maximum absolute atomic E-state index is 12.5. The van der Waals surface area contributed by atoms with E-state index in [2.05, 4.69) is 67.8 Å². The van der Waals surface area contributed by atoms with Crippen LogP contribution < -0.4 is 5.32 Å². The molecule has 6 heteroatoms. The lowest BCUT2D eigenvalue weighted by atomic mass is 10.0. The van der Waals surface area contributed by atoms with Crippen LogP contribution in [-0.4, -0.2) is 47.4 Å². The minimum Gasteiger partial charge on any atom is -0.466 e. The van der Waals surface area contributed by atoms with Gasteiger partial charge in [-0.05, 0) is 89.9 Å². The van der Waals surface area contributed by atoms with Crippen molar-refractivity contribution >= 4 is 11.9 Å². The van der Waals surface area contributed by atoms with E-state index in [1.165, 1.54) is 315 Å². The summed E-state index contributed by atoms with van der Waals surface area (Å²) in [6, 6.07) is -0.626. The summed E-state index contributed by atoms with van der Waals surface area (Å²) in [7, 11) is 0. The number of carbonyl (C=O) groups is 2. The normalized spacial score (nSPS) is 12.9. The third-order valence-corrected chi connectivity index (χ3v) is 17.2. The van der Waals surface area contributed by atoms with Crippen LogP contribution in [0.2, 0.25) is 0 Å². The monoisotopic (exact) mass is 1180 g/mol. The third-order valence-electron chi connectivity index (χ3n) is 17.2. The highest BCUT2D eigenvalue weighted by Gasteiger charge is 2.18. The van der Waals surface area contributed by atoms with Gasteiger partial charge >= 0.3 is 5.97 Å². The maximum atomic E-state index is 12.5. The van der Waals surface area contributed by atoms with Crippen LogP contribution in [0, 0.1) is 0 Å². The van der Waals surface area contributed by atoms with E-state index in [9.17, 15) is 19.8 Å². The van der Waals surface area contributed by atoms with Crippen molar-refractivity contribution in [2.45, 2.75) is 411 Å². The van der Waals surface area contributed by atoms with E-state index in [1.54, 1.807) is 6.08 Å². The predicted octanol–water partition coefficient (Wildman–Crippen LogP) is 24.6. The Balaban J connectivity index is 3.37. The largest absolute Gasteiger partial charge is 0.466 e. The molecular weight excluding hydrogens is 1030 g/mol. The van der Waals surface area contributed by atoms with E-state index in [-0.39, 0.29) is 18.5 Å². The zero-order valence-electron chi connectivity index (χ0n) is 56.4. The molecule has 0 aliphatic carbocycles. The minimum atomic E-state index is -0.843. The first-order valence-electron chi connectivity index (χ1n) is 37.6. The number of rotatable bonds is 70. The summed E-state index contributed by atoms with van der Waals surface area (Å²) < 4.78 is 5.48. The summed E-state index contributed by atoms with van der Waals surface area (Å²) >= 11 is 0. The van der Waals surface area contributed by atoms with Gasteiger partial charge in [0, 0.05) is 12.8 Å².